The molecule has 0 aliphatic heterocycles. The first-order valence-electron chi connectivity index (χ1n) is 6.56. The summed E-state index contributed by atoms with van der Waals surface area (Å²) in [6, 6.07) is 9.24. The van der Waals surface area contributed by atoms with Crippen molar-refractivity contribution in [3.05, 3.63) is 48.3 Å². The number of aromatic nitrogens is 3. The average molecular weight is 282 g/mol. The molecule has 0 aliphatic carbocycles. The van der Waals surface area contributed by atoms with Crippen LogP contribution in [0, 0.1) is 0 Å². The predicted molar refractivity (Wildman–Crippen MR) is 79.2 cm³/mol. The number of hydrogen-bond donors (Lipinski definition) is 1. The second-order valence-corrected chi connectivity index (χ2v) is 4.48. The molecule has 0 aliphatic rings. The Labute approximate surface area is 121 Å². The molecule has 0 atom stereocenters. The van der Waals surface area contributed by atoms with Gasteiger partial charge in [0.25, 0.3) is 0 Å². The number of para-hydroxylation sites is 1. The third-order valence-electron chi connectivity index (χ3n) is 3.06. The second-order valence-electron chi connectivity index (χ2n) is 4.48. The van der Waals surface area contributed by atoms with Gasteiger partial charge < -0.3 is 10.5 Å². The van der Waals surface area contributed by atoms with E-state index in [-0.39, 0.29) is 6.61 Å². The average Bonchev–Trinajstić information content (AvgIpc) is 2.91. The maximum atomic E-state index is 12.1. The fourth-order valence-corrected chi connectivity index (χ4v) is 2.14. The summed E-state index contributed by atoms with van der Waals surface area (Å²) in [7, 11) is 0. The van der Waals surface area contributed by atoms with Crippen molar-refractivity contribution in [3.63, 3.8) is 0 Å². The van der Waals surface area contributed by atoms with Crippen LogP contribution in [0.15, 0.2) is 42.7 Å². The molecule has 2 aromatic heterocycles. The van der Waals surface area contributed by atoms with Crippen LogP contribution in [-0.4, -0.2) is 27.3 Å². The van der Waals surface area contributed by atoms with Crippen LogP contribution in [-0.2, 0) is 4.74 Å². The molecule has 3 aromatic rings. The second kappa shape index (κ2) is 5.24. The van der Waals surface area contributed by atoms with E-state index >= 15 is 0 Å². The van der Waals surface area contributed by atoms with Gasteiger partial charge in [-0.05, 0) is 19.1 Å². The van der Waals surface area contributed by atoms with Gasteiger partial charge in [-0.1, -0.05) is 18.2 Å². The van der Waals surface area contributed by atoms with Gasteiger partial charge in [0.2, 0.25) is 0 Å². The standard InChI is InChI=1S/C15H14N4O2/c1-2-21-15(20)12-7-11(16)9-17-14(12)19-13-6-4-3-5-10(13)8-18-19/h3-9H,2,16H2,1H3. The van der Waals surface area contributed by atoms with Crippen LogP contribution in [0.5, 0.6) is 0 Å². The number of rotatable bonds is 3. The van der Waals surface area contributed by atoms with E-state index in [1.54, 1.807) is 23.9 Å². The molecule has 0 radical (unpaired) electrons. The van der Waals surface area contributed by atoms with Crippen LogP contribution in [0.25, 0.3) is 16.7 Å². The van der Waals surface area contributed by atoms with E-state index in [0.717, 1.165) is 10.9 Å². The Kier molecular flexibility index (Phi) is 3.27. The fourth-order valence-electron chi connectivity index (χ4n) is 2.14. The van der Waals surface area contributed by atoms with E-state index in [2.05, 4.69) is 10.1 Å². The van der Waals surface area contributed by atoms with Gasteiger partial charge in [0.1, 0.15) is 5.56 Å². The van der Waals surface area contributed by atoms with Gasteiger partial charge in [-0.3, -0.25) is 0 Å². The van der Waals surface area contributed by atoms with Crippen molar-refractivity contribution in [2.24, 2.45) is 0 Å². The highest BCUT2D eigenvalue weighted by molar-refractivity contribution is 5.94. The number of fused-ring (bicyclic) bond motifs is 1. The summed E-state index contributed by atoms with van der Waals surface area (Å²) >= 11 is 0. The molecule has 0 unspecified atom stereocenters. The SMILES string of the molecule is CCOC(=O)c1cc(N)cnc1-n1ncc2ccccc21. The Bertz CT molecular complexity index is 810. The number of pyridine rings is 1. The summed E-state index contributed by atoms with van der Waals surface area (Å²) in [6.45, 7) is 2.04. The number of esters is 1. The van der Waals surface area contributed by atoms with Crippen LogP contribution in [0.1, 0.15) is 17.3 Å². The monoisotopic (exact) mass is 282 g/mol. The van der Waals surface area contributed by atoms with E-state index in [4.69, 9.17) is 10.5 Å². The molecule has 0 amide bonds. The highest BCUT2D eigenvalue weighted by atomic mass is 16.5. The summed E-state index contributed by atoms with van der Waals surface area (Å²) < 4.78 is 6.67. The van der Waals surface area contributed by atoms with Crippen molar-refractivity contribution < 1.29 is 9.53 Å². The zero-order valence-electron chi connectivity index (χ0n) is 11.5. The molecule has 6 heteroatoms. The van der Waals surface area contributed by atoms with Crippen LogP contribution in [0.3, 0.4) is 0 Å². The van der Waals surface area contributed by atoms with Crippen molar-refractivity contribution in [3.8, 4) is 5.82 Å². The number of nitrogen functional groups attached to an aromatic ring is 1. The third-order valence-corrected chi connectivity index (χ3v) is 3.06. The topological polar surface area (TPSA) is 83.0 Å². The lowest BCUT2D eigenvalue weighted by molar-refractivity contribution is 0.0526. The number of nitrogens with two attached hydrogens (primary N) is 1. The lowest BCUT2D eigenvalue weighted by Gasteiger charge is -2.09. The Morgan fingerprint density at radius 2 is 2.14 bits per heavy atom. The van der Waals surface area contributed by atoms with Crippen molar-refractivity contribution in [2.45, 2.75) is 6.92 Å². The molecule has 6 nitrogen and oxygen atoms in total. The highest BCUT2D eigenvalue weighted by Gasteiger charge is 2.18. The van der Waals surface area contributed by atoms with Crippen molar-refractivity contribution in [1.82, 2.24) is 14.8 Å². The number of nitrogens with zero attached hydrogens (tertiary/aromatic N) is 3. The molecule has 3 rings (SSSR count). The van der Waals surface area contributed by atoms with E-state index in [9.17, 15) is 4.79 Å². The smallest absolute Gasteiger partial charge is 0.342 e. The molecular weight excluding hydrogens is 268 g/mol. The summed E-state index contributed by atoms with van der Waals surface area (Å²) in [4.78, 5) is 16.3. The van der Waals surface area contributed by atoms with E-state index in [1.807, 2.05) is 24.3 Å². The Balaban J connectivity index is 2.20. The summed E-state index contributed by atoms with van der Waals surface area (Å²) in [5, 5.41) is 5.27. The fraction of sp³-hybridized carbons (Fsp3) is 0.133. The van der Waals surface area contributed by atoms with Crippen LogP contribution >= 0.6 is 0 Å². The summed E-state index contributed by atoms with van der Waals surface area (Å²) in [5.41, 5.74) is 7.29. The first-order valence-corrected chi connectivity index (χ1v) is 6.56. The Hall–Kier alpha value is -2.89. The van der Waals surface area contributed by atoms with Crippen molar-refractivity contribution in [1.29, 1.82) is 0 Å². The number of ether oxygens (including phenoxy) is 1. The molecule has 2 N–H and O–H groups in total. The number of benzene rings is 1. The zero-order valence-corrected chi connectivity index (χ0v) is 11.5. The van der Waals surface area contributed by atoms with E-state index in [1.165, 1.54) is 6.20 Å². The van der Waals surface area contributed by atoms with Crippen molar-refractivity contribution >= 4 is 22.6 Å². The van der Waals surface area contributed by atoms with Crippen LogP contribution in [0.4, 0.5) is 5.69 Å². The first-order chi connectivity index (χ1) is 10.2. The summed E-state index contributed by atoms with van der Waals surface area (Å²) in [6.07, 6.45) is 3.22. The molecule has 0 fully saturated rings. The number of hydrogen-bond acceptors (Lipinski definition) is 5. The molecule has 21 heavy (non-hydrogen) atoms. The van der Waals surface area contributed by atoms with Gasteiger partial charge in [0, 0.05) is 5.39 Å². The van der Waals surface area contributed by atoms with Gasteiger partial charge in [-0.2, -0.15) is 5.10 Å². The minimum absolute atomic E-state index is 0.285. The normalized spacial score (nSPS) is 10.7. The maximum absolute atomic E-state index is 12.1. The Morgan fingerprint density at radius 3 is 2.95 bits per heavy atom. The van der Waals surface area contributed by atoms with Gasteiger partial charge in [0.15, 0.2) is 5.82 Å². The zero-order chi connectivity index (χ0) is 14.8. The van der Waals surface area contributed by atoms with Gasteiger partial charge in [0.05, 0.1) is 30.2 Å². The summed E-state index contributed by atoms with van der Waals surface area (Å²) in [5.74, 6) is -0.0595. The molecule has 0 saturated heterocycles. The molecular formula is C15H14N4O2. The van der Waals surface area contributed by atoms with E-state index < -0.39 is 5.97 Å². The molecule has 2 heterocycles. The van der Waals surface area contributed by atoms with E-state index in [0.29, 0.717) is 17.1 Å². The van der Waals surface area contributed by atoms with Gasteiger partial charge in [-0.25, -0.2) is 14.5 Å². The molecule has 106 valence electrons. The highest BCUT2D eigenvalue weighted by Crippen LogP contribution is 2.21. The minimum atomic E-state index is -0.466. The van der Waals surface area contributed by atoms with Crippen LogP contribution in [0.2, 0.25) is 0 Å². The van der Waals surface area contributed by atoms with Crippen molar-refractivity contribution in [2.75, 3.05) is 12.3 Å². The Morgan fingerprint density at radius 1 is 1.33 bits per heavy atom. The molecule has 0 spiro atoms. The minimum Gasteiger partial charge on any atom is -0.462 e. The number of carbonyl (C=O) groups is 1. The number of carbonyl (C=O) groups excluding carboxylic acids is 1. The van der Waals surface area contributed by atoms with Gasteiger partial charge >= 0.3 is 5.97 Å². The van der Waals surface area contributed by atoms with Gasteiger partial charge in [-0.15, -0.1) is 0 Å². The largest absolute Gasteiger partial charge is 0.462 e. The maximum Gasteiger partial charge on any atom is 0.342 e. The third kappa shape index (κ3) is 2.31. The van der Waals surface area contributed by atoms with Crippen LogP contribution < -0.4 is 5.73 Å². The quantitative estimate of drug-likeness (QED) is 0.744. The lowest BCUT2D eigenvalue weighted by atomic mass is 10.2. The first kappa shape index (κ1) is 13.1. The molecule has 0 bridgehead atoms. The number of anilines is 1. The molecule has 1 aromatic carbocycles. The lowest BCUT2D eigenvalue weighted by Crippen LogP contribution is -2.12. The predicted octanol–water partition coefficient (Wildman–Crippen LogP) is 2.18. The molecule has 0 saturated carbocycles.